The van der Waals surface area contributed by atoms with Crippen LogP contribution in [0, 0.1) is 11.3 Å². The van der Waals surface area contributed by atoms with Crippen LogP contribution < -0.4 is 5.32 Å². The molecule has 0 heterocycles. The second-order valence-corrected chi connectivity index (χ2v) is 5.48. The number of hydrogen-bond donors (Lipinski definition) is 1. The summed E-state index contributed by atoms with van der Waals surface area (Å²) < 4.78 is 0. The summed E-state index contributed by atoms with van der Waals surface area (Å²) in [6, 6.07) is 8.45. The highest BCUT2D eigenvalue weighted by molar-refractivity contribution is 5.79. The van der Waals surface area contributed by atoms with Gasteiger partial charge >= 0.3 is 0 Å². The normalized spacial score (nSPS) is 16.3. The van der Waals surface area contributed by atoms with Gasteiger partial charge in [-0.2, -0.15) is 5.26 Å². The fourth-order valence-electron chi connectivity index (χ4n) is 2.47. The minimum atomic E-state index is -0.756. The summed E-state index contributed by atoms with van der Waals surface area (Å²) in [7, 11) is 0. The molecule has 1 atom stereocenters. The first-order chi connectivity index (χ1) is 9.06. The van der Waals surface area contributed by atoms with Crippen LogP contribution in [0.3, 0.4) is 0 Å². The van der Waals surface area contributed by atoms with Gasteiger partial charge in [-0.25, -0.2) is 0 Å². The summed E-state index contributed by atoms with van der Waals surface area (Å²) in [5.41, 5.74) is 3.08. The minimum absolute atomic E-state index is 0.0798. The SMILES string of the molecule is CC[C@@](C)(C#N)NC(=O)Cc1ccc2c(c1)CCC2. The van der Waals surface area contributed by atoms with Gasteiger partial charge in [-0.1, -0.05) is 25.1 Å². The smallest absolute Gasteiger partial charge is 0.225 e. The van der Waals surface area contributed by atoms with Crippen LogP contribution in [0.5, 0.6) is 0 Å². The zero-order valence-electron chi connectivity index (χ0n) is 11.6. The van der Waals surface area contributed by atoms with E-state index in [-0.39, 0.29) is 5.91 Å². The number of carbonyl (C=O) groups is 1. The van der Waals surface area contributed by atoms with Gasteiger partial charge in [0.1, 0.15) is 5.54 Å². The van der Waals surface area contributed by atoms with Crippen molar-refractivity contribution < 1.29 is 4.79 Å². The molecule has 0 aromatic heterocycles. The largest absolute Gasteiger partial charge is 0.338 e. The van der Waals surface area contributed by atoms with Crippen LogP contribution in [-0.4, -0.2) is 11.4 Å². The van der Waals surface area contributed by atoms with Crippen molar-refractivity contribution in [3.63, 3.8) is 0 Å². The maximum Gasteiger partial charge on any atom is 0.225 e. The van der Waals surface area contributed by atoms with Gasteiger partial charge in [-0.15, -0.1) is 0 Å². The van der Waals surface area contributed by atoms with E-state index in [2.05, 4.69) is 23.5 Å². The van der Waals surface area contributed by atoms with Gasteiger partial charge in [0.15, 0.2) is 0 Å². The topological polar surface area (TPSA) is 52.9 Å². The molecule has 0 bridgehead atoms. The Morgan fingerprint density at radius 3 is 2.84 bits per heavy atom. The number of aryl methyl sites for hydroxylation is 2. The molecule has 1 aromatic carbocycles. The lowest BCUT2D eigenvalue weighted by Crippen LogP contribution is -2.44. The number of nitriles is 1. The molecule has 1 aromatic rings. The van der Waals surface area contributed by atoms with Crippen molar-refractivity contribution in [3.05, 3.63) is 34.9 Å². The molecule has 1 aliphatic carbocycles. The highest BCUT2D eigenvalue weighted by Gasteiger charge is 2.23. The predicted octanol–water partition coefficient (Wildman–Crippen LogP) is 2.53. The van der Waals surface area contributed by atoms with E-state index in [1.165, 1.54) is 17.5 Å². The molecule has 0 saturated carbocycles. The maximum atomic E-state index is 12.0. The van der Waals surface area contributed by atoms with Crippen molar-refractivity contribution in [2.24, 2.45) is 0 Å². The molecule has 3 nitrogen and oxygen atoms in total. The Balaban J connectivity index is 2.02. The summed E-state index contributed by atoms with van der Waals surface area (Å²) >= 11 is 0. The van der Waals surface area contributed by atoms with Crippen molar-refractivity contribution >= 4 is 5.91 Å². The summed E-state index contributed by atoms with van der Waals surface area (Å²) in [4.78, 5) is 12.0. The van der Waals surface area contributed by atoms with Gasteiger partial charge in [0.25, 0.3) is 0 Å². The monoisotopic (exact) mass is 256 g/mol. The Bertz CT molecular complexity index is 530. The molecule has 1 amide bonds. The molecule has 19 heavy (non-hydrogen) atoms. The lowest BCUT2D eigenvalue weighted by molar-refractivity contribution is -0.121. The number of hydrogen-bond acceptors (Lipinski definition) is 2. The number of carbonyl (C=O) groups excluding carboxylic acids is 1. The van der Waals surface area contributed by atoms with Gasteiger partial charge in [0.05, 0.1) is 12.5 Å². The van der Waals surface area contributed by atoms with E-state index in [1.807, 2.05) is 13.0 Å². The lowest BCUT2D eigenvalue weighted by atomic mass is 9.99. The Morgan fingerprint density at radius 1 is 1.42 bits per heavy atom. The molecule has 0 unspecified atom stereocenters. The van der Waals surface area contributed by atoms with E-state index >= 15 is 0 Å². The first kappa shape index (κ1) is 13.6. The van der Waals surface area contributed by atoms with Gasteiger partial charge in [-0.05, 0) is 49.3 Å². The van der Waals surface area contributed by atoms with Crippen molar-refractivity contribution in [1.29, 1.82) is 5.26 Å². The molecule has 3 heteroatoms. The Hall–Kier alpha value is -1.82. The summed E-state index contributed by atoms with van der Waals surface area (Å²) in [6.07, 6.45) is 4.46. The zero-order valence-corrected chi connectivity index (χ0v) is 11.6. The highest BCUT2D eigenvalue weighted by Crippen LogP contribution is 2.23. The molecule has 0 fully saturated rings. The molecule has 2 rings (SSSR count). The van der Waals surface area contributed by atoms with Crippen LogP contribution in [0.25, 0.3) is 0 Å². The van der Waals surface area contributed by atoms with Crippen LogP contribution >= 0.6 is 0 Å². The van der Waals surface area contributed by atoms with Gasteiger partial charge in [0.2, 0.25) is 5.91 Å². The standard InChI is InChI=1S/C16H20N2O/c1-3-16(2,11-17)18-15(19)10-12-7-8-13-5-4-6-14(13)9-12/h7-9H,3-6,10H2,1-2H3,(H,18,19)/t16-/m0/s1. The third-order valence-corrected chi connectivity index (χ3v) is 3.90. The molecular formula is C16H20N2O. The molecule has 1 N–H and O–H groups in total. The van der Waals surface area contributed by atoms with Crippen LogP contribution in [-0.2, 0) is 24.1 Å². The van der Waals surface area contributed by atoms with Crippen molar-refractivity contribution in [1.82, 2.24) is 5.32 Å². The maximum absolute atomic E-state index is 12.0. The van der Waals surface area contributed by atoms with Crippen molar-refractivity contribution in [2.75, 3.05) is 0 Å². The fraction of sp³-hybridized carbons (Fsp3) is 0.500. The number of benzene rings is 1. The van der Waals surface area contributed by atoms with Crippen molar-refractivity contribution in [3.8, 4) is 6.07 Å². The van der Waals surface area contributed by atoms with Crippen LogP contribution in [0.15, 0.2) is 18.2 Å². The summed E-state index contributed by atoms with van der Waals surface area (Å²) in [5, 5.41) is 11.9. The molecule has 1 aliphatic rings. The molecule has 100 valence electrons. The highest BCUT2D eigenvalue weighted by atomic mass is 16.1. The van der Waals surface area contributed by atoms with E-state index in [0.717, 1.165) is 18.4 Å². The quantitative estimate of drug-likeness (QED) is 0.900. The second kappa shape index (κ2) is 5.44. The molecule has 0 spiro atoms. The lowest BCUT2D eigenvalue weighted by Gasteiger charge is -2.21. The van der Waals surface area contributed by atoms with Crippen LogP contribution in [0.2, 0.25) is 0 Å². The first-order valence-electron chi connectivity index (χ1n) is 6.89. The van der Waals surface area contributed by atoms with Gasteiger partial charge in [-0.3, -0.25) is 4.79 Å². The third kappa shape index (κ3) is 3.14. The minimum Gasteiger partial charge on any atom is -0.338 e. The number of nitrogens with zero attached hydrogens (tertiary/aromatic N) is 1. The Morgan fingerprint density at radius 2 is 2.16 bits per heavy atom. The summed E-state index contributed by atoms with van der Waals surface area (Å²) in [6.45, 7) is 3.66. The van der Waals surface area contributed by atoms with E-state index in [4.69, 9.17) is 5.26 Å². The van der Waals surface area contributed by atoms with Crippen molar-refractivity contribution in [2.45, 2.75) is 51.5 Å². The van der Waals surface area contributed by atoms with Gasteiger partial charge in [0, 0.05) is 0 Å². The molecule has 0 aliphatic heterocycles. The number of nitrogens with one attached hydrogen (secondary N) is 1. The van der Waals surface area contributed by atoms with E-state index < -0.39 is 5.54 Å². The van der Waals surface area contributed by atoms with E-state index in [0.29, 0.717) is 12.8 Å². The molecular weight excluding hydrogens is 236 g/mol. The Labute approximate surface area is 114 Å². The molecule has 0 radical (unpaired) electrons. The van der Waals surface area contributed by atoms with E-state index in [1.54, 1.807) is 6.92 Å². The zero-order chi connectivity index (χ0) is 13.9. The van der Waals surface area contributed by atoms with Crippen LogP contribution in [0.1, 0.15) is 43.4 Å². The molecule has 0 saturated heterocycles. The second-order valence-electron chi connectivity index (χ2n) is 5.48. The predicted molar refractivity (Wildman–Crippen MR) is 74.6 cm³/mol. The Kier molecular flexibility index (Phi) is 3.90. The third-order valence-electron chi connectivity index (χ3n) is 3.90. The average Bonchev–Trinajstić information content (AvgIpc) is 2.85. The van der Waals surface area contributed by atoms with E-state index in [9.17, 15) is 4.79 Å². The number of amides is 1. The number of fused-ring (bicyclic) bond motifs is 1. The first-order valence-corrected chi connectivity index (χ1v) is 6.89. The van der Waals surface area contributed by atoms with Crippen LogP contribution in [0.4, 0.5) is 0 Å². The summed E-state index contributed by atoms with van der Waals surface area (Å²) in [5.74, 6) is -0.0798. The number of rotatable bonds is 4. The van der Waals surface area contributed by atoms with Gasteiger partial charge < -0.3 is 5.32 Å². The average molecular weight is 256 g/mol. The fourth-order valence-corrected chi connectivity index (χ4v) is 2.47.